The summed E-state index contributed by atoms with van der Waals surface area (Å²) < 4.78 is 5.29. The monoisotopic (exact) mass is 411 g/mol. The fourth-order valence-electron chi connectivity index (χ4n) is 3.48. The van der Waals surface area contributed by atoms with Crippen molar-refractivity contribution in [2.75, 3.05) is 0 Å². The van der Waals surface area contributed by atoms with Crippen LogP contribution < -0.4 is 0 Å². The lowest BCUT2D eigenvalue weighted by Crippen LogP contribution is -2.06. The second kappa shape index (κ2) is 13.5. The van der Waals surface area contributed by atoms with Gasteiger partial charge in [-0.1, -0.05) is 94.7 Å². The molecule has 0 heterocycles. The van der Waals surface area contributed by atoms with Gasteiger partial charge in [-0.05, 0) is 23.6 Å². The van der Waals surface area contributed by atoms with E-state index in [4.69, 9.17) is 4.74 Å². The van der Waals surface area contributed by atoms with Crippen molar-refractivity contribution in [3.05, 3.63) is 64.2 Å². The second-order valence-electron chi connectivity index (χ2n) is 7.71. The highest BCUT2D eigenvalue weighted by Gasteiger charge is 2.16. The van der Waals surface area contributed by atoms with Crippen LogP contribution in [0.1, 0.15) is 76.7 Å². The summed E-state index contributed by atoms with van der Waals surface area (Å²) in [5.41, 5.74) is 2.08. The summed E-state index contributed by atoms with van der Waals surface area (Å²) in [6.07, 6.45) is 11.0. The molecule has 0 atom stereocenters. The molecule has 0 aromatic heterocycles. The summed E-state index contributed by atoms with van der Waals surface area (Å²) in [7, 11) is 0. The van der Waals surface area contributed by atoms with Crippen molar-refractivity contribution in [3.8, 4) is 11.1 Å². The molecule has 5 nitrogen and oxygen atoms in total. The van der Waals surface area contributed by atoms with Crippen molar-refractivity contribution in [1.82, 2.24) is 0 Å². The molecule has 30 heavy (non-hydrogen) atoms. The lowest BCUT2D eigenvalue weighted by molar-refractivity contribution is -0.385. The molecular weight excluding hydrogens is 378 g/mol. The van der Waals surface area contributed by atoms with E-state index in [-0.39, 0.29) is 18.3 Å². The van der Waals surface area contributed by atoms with Crippen molar-refractivity contribution >= 4 is 11.7 Å². The topological polar surface area (TPSA) is 69.4 Å². The summed E-state index contributed by atoms with van der Waals surface area (Å²) in [5.74, 6) is -0.292. The molecule has 0 saturated carbocycles. The molecule has 0 radical (unpaired) electrons. The van der Waals surface area contributed by atoms with E-state index in [9.17, 15) is 14.9 Å². The number of nitrogens with zero attached hydrogens (tertiary/aromatic N) is 1. The van der Waals surface area contributed by atoms with Crippen LogP contribution in [0.25, 0.3) is 11.1 Å². The number of nitro groups is 1. The summed E-state index contributed by atoms with van der Waals surface area (Å²) in [5, 5.41) is 11.5. The fourth-order valence-corrected chi connectivity index (χ4v) is 3.48. The maximum Gasteiger partial charge on any atom is 0.306 e. The van der Waals surface area contributed by atoms with Gasteiger partial charge in [0.05, 0.1) is 10.5 Å². The zero-order chi connectivity index (χ0) is 21.6. The van der Waals surface area contributed by atoms with Gasteiger partial charge in [-0.3, -0.25) is 14.9 Å². The van der Waals surface area contributed by atoms with Gasteiger partial charge in [0, 0.05) is 12.5 Å². The van der Waals surface area contributed by atoms with Crippen molar-refractivity contribution in [2.24, 2.45) is 0 Å². The van der Waals surface area contributed by atoms with Gasteiger partial charge in [0.2, 0.25) is 0 Å². The number of unbranched alkanes of at least 4 members (excludes halogenated alkanes) is 8. The Hall–Kier alpha value is -2.69. The summed E-state index contributed by atoms with van der Waals surface area (Å²) in [6.45, 7) is 2.15. The van der Waals surface area contributed by atoms with Crippen LogP contribution in [0.5, 0.6) is 0 Å². The van der Waals surface area contributed by atoms with Crippen LogP contribution >= 0.6 is 0 Å². The minimum Gasteiger partial charge on any atom is -0.461 e. The number of benzene rings is 2. The summed E-state index contributed by atoms with van der Waals surface area (Å²) in [6, 6.07) is 14.5. The van der Waals surface area contributed by atoms with Gasteiger partial charge < -0.3 is 4.74 Å². The first-order valence-corrected chi connectivity index (χ1v) is 11.1. The van der Waals surface area contributed by atoms with Crippen LogP contribution in [0.4, 0.5) is 5.69 Å². The molecule has 0 bridgehead atoms. The van der Waals surface area contributed by atoms with Crippen molar-refractivity contribution in [3.63, 3.8) is 0 Å². The van der Waals surface area contributed by atoms with E-state index in [1.807, 2.05) is 36.4 Å². The van der Waals surface area contributed by atoms with Gasteiger partial charge in [0.1, 0.15) is 6.61 Å². The lowest BCUT2D eigenvalue weighted by Gasteiger charge is -2.08. The van der Waals surface area contributed by atoms with E-state index in [0.717, 1.165) is 30.4 Å². The molecule has 0 saturated heterocycles. The predicted molar refractivity (Wildman–Crippen MR) is 120 cm³/mol. The van der Waals surface area contributed by atoms with E-state index in [1.165, 1.54) is 38.5 Å². The van der Waals surface area contributed by atoms with Gasteiger partial charge in [-0.25, -0.2) is 0 Å². The van der Waals surface area contributed by atoms with E-state index in [2.05, 4.69) is 6.92 Å². The van der Waals surface area contributed by atoms with Gasteiger partial charge in [-0.2, -0.15) is 0 Å². The first kappa shape index (κ1) is 23.6. The van der Waals surface area contributed by atoms with Gasteiger partial charge in [-0.15, -0.1) is 0 Å². The number of hydrogen-bond acceptors (Lipinski definition) is 4. The standard InChI is InChI=1S/C25H33NO4/c1-2-3-4-5-6-7-8-9-13-16-25(27)30-20-23-18-17-22(19-24(23)26(28)29)21-14-11-10-12-15-21/h10-12,14-15,17-19H,2-9,13,16,20H2,1H3. The maximum absolute atomic E-state index is 12.0. The average Bonchev–Trinajstić information content (AvgIpc) is 2.77. The molecule has 0 unspecified atom stereocenters. The van der Waals surface area contributed by atoms with Gasteiger partial charge in [0.15, 0.2) is 0 Å². The quantitative estimate of drug-likeness (QED) is 0.142. The Kier molecular flexibility index (Phi) is 10.6. The highest BCUT2D eigenvalue weighted by Crippen LogP contribution is 2.27. The number of carbonyl (C=O) groups excluding carboxylic acids is 1. The third kappa shape index (κ3) is 8.36. The zero-order valence-corrected chi connectivity index (χ0v) is 18.0. The zero-order valence-electron chi connectivity index (χ0n) is 18.0. The van der Waals surface area contributed by atoms with Crippen LogP contribution in [0.2, 0.25) is 0 Å². The first-order chi connectivity index (χ1) is 14.6. The van der Waals surface area contributed by atoms with Crippen molar-refractivity contribution < 1.29 is 14.5 Å². The predicted octanol–water partition coefficient (Wildman–Crippen LogP) is 7.23. The number of ether oxygens (including phenoxy) is 1. The largest absolute Gasteiger partial charge is 0.461 e. The van der Waals surface area contributed by atoms with Crippen LogP contribution in [-0.4, -0.2) is 10.9 Å². The summed E-state index contributed by atoms with van der Waals surface area (Å²) >= 11 is 0. The molecule has 0 fully saturated rings. The maximum atomic E-state index is 12.0. The Labute approximate surface area is 179 Å². The van der Waals surface area contributed by atoms with Crippen molar-refractivity contribution in [2.45, 2.75) is 77.7 Å². The minimum atomic E-state index is -0.421. The molecule has 0 N–H and O–H groups in total. The fraction of sp³-hybridized carbons (Fsp3) is 0.480. The van der Waals surface area contributed by atoms with E-state index in [0.29, 0.717) is 12.0 Å². The van der Waals surface area contributed by atoms with E-state index in [1.54, 1.807) is 12.1 Å². The summed E-state index contributed by atoms with van der Waals surface area (Å²) in [4.78, 5) is 23.1. The van der Waals surface area contributed by atoms with Crippen LogP contribution in [0.3, 0.4) is 0 Å². The minimum absolute atomic E-state index is 0.0211. The Balaban J connectivity index is 1.74. The Bertz CT molecular complexity index is 789. The van der Waals surface area contributed by atoms with Crippen LogP contribution in [0.15, 0.2) is 48.5 Å². The third-order valence-electron chi connectivity index (χ3n) is 5.26. The average molecular weight is 412 g/mol. The number of esters is 1. The van der Waals surface area contributed by atoms with E-state index < -0.39 is 4.92 Å². The highest BCUT2D eigenvalue weighted by atomic mass is 16.6. The number of carbonyl (C=O) groups is 1. The third-order valence-corrected chi connectivity index (χ3v) is 5.26. The molecule has 0 aliphatic heterocycles. The second-order valence-corrected chi connectivity index (χ2v) is 7.71. The number of nitro benzene ring substituents is 1. The molecule has 0 aliphatic rings. The molecule has 0 spiro atoms. The normalized spacial score (nSPS) is 10.7. The Morgan fingerprint density at radius 3 is 2.13 bits per heavy atom. The molecule has 0 aliphatic carbocycles. The smallest absolute Gasteiger partial charge is 0.306 e. The molecule has 0 amide bonds. The van der Waals surface area contributed by atoms with Crippen molar-refractivity contribution in [1.29, 1.82) is 0 Å². The molecule has 2 rings (SSSR count). The first-order valence-electron chi connectivity index (χ1n) is 11.1. The molecule has 2 aromatic carbocycles. The number of rotatable bonds is 14. The molecule has 5 heteroatoms. The molecular formula is C25H33NO4. The SMILES string of the molecule is CCCCCCCCCCCC(=O)OCc1ccc(-c2ccccc2)cc1[N+](=O)[O-]. The van der Waals surface area contributed by atoms with Gasteiger partial charge in [0.25, 0.3) is 5.69 Å². The molecule has 2 aromatic rings. The Morgan fingerprint density at radius 2 is 1.50 bits per heavy atom. The van der Waals surface area contributed by atoms with Crippen LogP contribution in [0, 0.1) is 10.1 Å². The number of hydrogen-bond donors (Lipinski definition) is 0. The lowest BCUT2D eigenvalue weighted by atomic mass is 10.0. The van der Waals surface area contributed by atoms with Crippen LogP contribution in [-0.2, 0) is 16.1 Å². The van der Waals surface area contributed by atoms with E-state index >= 15 is 0 Å². The van der Waals surface area contributed by atoms with Gasteiger partial charge >= 0.3 is 5.97 Å². The molecule has 162 valence electrons. The highest BCUT2D eigenvalue weighted by molar-refractivity contribution is 5.70. The Morgan fingerprint density at radius 1 is 0.867 bits per heavy atom.